The summed E-state index contributed by atoms with van der Waals surface area (Å²) in [6.07, 6.45) is 0. The van der Waals surface area contributed by atoms with E-state index in [9.17, 15) is 0 Å². The molecule has 0 aromatic rings. The molecule has 0 fully saturated rings. The number of rotatable bonds is 0. The Kier molecular flexibility index (Phi) is 19.0. The van der Waals surface area contributed by atoms with E-state index >= 15 is 0 Å². The van der Waals surface area contributed by atoms with Crippen molar-refractivity contribution < 1.29 is 32.7 Å². The summed E-state index contributed by atoms with van der Waals surface area (Å²) in [5.41, 5.74) is 0.875. The molecule has 0 nitrogen and oxygen atoms in total. The van der Waals surface area contributed by atoms with Crippen molar-refractivity contribution in [3.63, 3.8) is 0 Å². The fourth-order valence-corrected chi connectivity index (χ4v) is 0. The minimum atomic E-state index is 0. The Hall–Kier alpha value is 1.10. The van der Waals surface area contributed by atoms with E-state index in [2.05, 4.69) is 83.1 Å². The summed E-state index contributed by atoms with van der Waals surface area (Å²) in [5.74, 6) is 2.83. The second-order valence-electron chi connectivity index (χ2n) is 7.50. The number of hydrogen-bond donors (Lipinski definition) is 0. The molecule has 0 N–H and O–H groups in total. The van der Waals surface area contributed by atoms with Crippen LogP contribution in [0.25, 0.3) is 0 Å². The van der Waals surface area contributed by atoms with Crippen LogP contribution >= 0.6 is 0 Å². The van der Waals surface area contributed by atoms with Crippen molar-refractivity contribution in [3.05, 3.63) is 11.8 Å². The van der Waals surface area contributed by atoms with Crippen LogP contribution in [0.4, 0.5) is 0 Å². The minimum Gasteiger partial charge on any atom is -0.323 e. The predicted octanol–water partition coefficient (Wildman–Crippen LogP) is 6.32. The molecule has 0 heterocycles. The zero-order valence-electron chi connectivity index (χ0n) is 14.6. The first kappa shape index (κ1) is 26.6. The van der Waals surface area contributed by atoms with Gasteiger partial charge in [-0.05, 0) is 10.8 Å². The molecular weight excluding hydrogens is 281 g/mol. The van der Waals surface area contributed by atoms with Gasteiger partial charge < -0.3 is 11.8 Å². The molecule has 0 amide bonds. The topological polar surface area (TPSA) is 0 Å². The minimum absolute atomic E-state index is 0. The van der Waals surface area contributed by atoms with E-state index in [1.54, 1.807) is 0 Å². The van der Waals surface area contributed by atoms with Crippen LogP contribution in [-0.4, -0.2) is 0 Å². The van der Waals surface area contributed by atoms with Gasteiger partial charge in [0.25, 0.3) is 0 Å². The van der Waals surface area contributed by atoms with Crippen LogP contribution in [0.2, 0.25) is 0 Å². The molecule has 0 atom stereocenters. The van der Waals surface area contributed by atoms with Crippen molar-refractivity contribution in [2.24, 2.45) is 10.8 Å². The van der Waals surface area contributed by atoms with Crippen LogP contribution in [0.5, 0.6) is 0 Å². The third-order valence-corrected chi connectivity index (χ3v) is 2.25. The zero-order valence-corrected chi connectivity index (χ0v) is 17.4. The van der Waals surface area contributed by atoms with Gasteiger partial charge in [0, 0.05) is 32.7 Å². The molecule has 0 spiro atoms. The molecule has 0 unspecified atom stereocenters. The Balaban J connectivity index is -0.0000000806. The summed E-state index contributed by atoms with van der Waals surface area (Å²) in [6, 6.07) is 0. The molecule has 0 saturated carbocycles. The predicted molar refractivity (Wildman–Crippen MR) is 79.4 cm³/mol. The van der Waals surface area contributed by atoms with Crippen molar-refractivity contribution in [1.29, 1.82) is 0 Å². The largest absolute Gasteiger partial charge is 0.323 e. The maximum absolute atomic E-state index is 2.27. The summed E-state index contributed by atoms with van der Waals surface area (Å²) >= 11 is 0. The van der Waals surface area contributed by atoms with E-state index in [-0.39, 0.29) is 32.7 Å². The molecule has 0 aliphatic rings. The van der Waals surface area contributed by atoms with Crippen LogP contribution in [0.1, 0.15) is 83.1 Å². The van der Waals surface area contributed by atoms with Crippen molar-refractivity contribution >= 4 is 0 Å². The Bertz CT molecular complexity index is 109. The SMILES string of the molecule is CC(C)(C)C(C)(C)C.C[C-](C)C.C[C-](C)C.[Y]. The monoisotopic (exact) mass is 317 g/mol. The fourth-order valence-electron chi connectivity index (χ4n) is 0. The molecule has 0 saturated heterocycles. The summed E-state index contributed by atoms with van der Waals surface area (Å²) in [4.78, 5) is 0. The van der Waals surface area contributed by atoms with Crippen LogP contribution in [-0.2, 0) is 32.7 Å². The molecule has 1 radical (unpaired) electrons. The van der Waals surface area contributed by atoms with Crippen LogP contribution < -0.4 is 0 Å². The first-order valence-electron chi connectivity index (χ1n) is 6.25. The Morgan fingerprint density at radius 3 is 0.529 bits per heavy atom. The van der Waals surface area contributed by atoms with E-state index in [0.717, 1.165) is 0 Å². The Morgan fingerprint density at radius 1 is 0.471 bits per heavy atom. The van der Waals surface area contributed by atoms with Crippen LogP contribution in [0.3, 0.4) is 0 Å². The smallest absolute Gasteiger partial charge is 0 e. The molecule has 0 aromatic carbocycles. The molecule has 0 rings (SSSR count). The van der Waals surface area contributed by atoms with Gasteiger partial charge in [-0.2, -0.15) is 41.5 Å². The first-order chi connectivity index (χ1) is 6.71. The van der Waals surface area contributed by atoms with Crippen LogP contribution in [0.15, 0.2) is 0 Å². The molecule has 0 bridgehead atoms. The summed E-state index contributed by atoms with van der Waals surface area (Å²) in [5, 5.41) is 0. The van der Waals surface area contributed by atoms with Gasteiger partial charge in [0.05, 0.1) is 0 Å². The average Bonchev–Trinajstić information content (AvgIpc) is 1.76. The Labute approximate surface area is 138 Å². The van der Waals surface area contributed by atoms with E-state index in [0.29, 0.717) is 10.8 Å². The van der Waals surface area contributed by atoms with Crippen LogP contribution in [0, 0.1) is 22.7 Å². The maximum atomic E-state index is 2.27. The van der Waals surface area contributed by atoms with E-state index in [1.165, 1.54) is 11.8 Å². The van der Waals surface area contributed by atoms with Gasteiger partial charge in [0.2, 0.25) is 0 Å². The van der Waals surface area contributed by atoms with Crippen molar-refractivity contribution in [2.45, 2.75) is 83.1 Å². The van der Waals surface area contributed by atoms with E-state index in [4.69, 9.17) is 0 Å². The molecule has 0 aliphatic heterocycles. The van der Waals surface area contributed by atoms with Gasteiger partial charge in [0.15, 0.2) is 0 Å². The van der Waals surface area contributed by atoms with Gasteiger partial charge in [-0.3, -0.25) is 0 Å². The second kappa shape index (κ2) is 12.2. The summed E-state index contributed by atoms with van der Waals surface area (Å²) < 4.78 is 0. The standard InChI is InChI=1S/C8H18.2C4H9.Y/c1-7(2,3)8(4,5)6;2*1-4(2)3;/h1-6H3;2*1-3H3;/q;2*-1;. The van der Waals surface area contributed by atoms with Crippen molar-refractivity contribution in [3.8, 4) is 0 Å². The van der Waals surface area contributed by atoms with Gasteiger partial charge in [-0.1, -0.05) is 41.5 Å². The average molecular weight is 317 g/mol. The summed E-state index contributed by atoms with van der Waals surface area (Å²) in [7, 11) is 0. The van der Waals surface area contributed by atoms with Crippen molar-refractivity contribution in [1.82, 2.24) is 0 Å². The normalized spacial score (nSPS) is 10.9. The van der Waals surface area contributed by atoms with Gasteiger partial charge in [0.1, 0.15) is 0 Å². The summed E-state index contributed by atoms with van der Waals surface area (Å²) in [6.45, 7) is 26.1. The fraction of sp³-hybridized carbons (Fsp3) is 0.875. The zero-order chi connectivity index (χ0) is 14.2. The molecule has 0 aliphatic carbocycles. The molecule has 105 valence electrons. The van der Waals surface area contributed by atoms with E-state index < -0.39 is 0 Å². The van der Waals surface area contributed by atoms with Crippen molar-refractivity contribution in [2.75, 3.05) is 0 Å². The molecular formula is C16H36Y-2. The third-order valence-electron chi connectivity index (χ3n) is 2.25. The Morgan fingerprint density at radius 2 is 0.529 bits per heavy atom. The quantitative estimate of drug-likeness (QED) is 0.459. The van der Waals surface area contributed by atoms with Gasteiger partial charge in [-0.15, -0.1) is 0 Å². The van der Waals surface area contributed by atoms with Gasteiger partial charge >= 0.3 is 0 Å². The first-order valence-corrected chi connectivity index (χ1v) is 6.25. The molecule has 17 heavy (non-hydrogen) atoms. The molecule has 0 aromatic heterocycles. The molecule has 1 heteroatoms. The van der Waals surface area contributed by atoms with E-state index in [1.807, 2.05) is 0 Å². The second-order valence-corrected chi connectivity index (χ2v) is 7.50. The third kappa shape index (κ3) is 38.2. The van der Waals surface area contributed by atoms with Gasteiger partial charge in [-0.25, -0.2) is 0 Å². The number of hydrogen-bond acceptors (Lipinski definition) is 0. The maximum Gasteiger partial charge on any atom is 0 e.